The van der Waals surface area contributed by atoms with Crippen molar-refractivity contribution >= 4 is 11.8 Å². The van der Waals surface area contributed by atoms with E-state index in [4.69, 9.17) is 4.74 Å². The monoisotopic (exact) mass is 174 g/mol. The Balaban J connectivity index is 4.14. The Labute approximate surface area is 71.8 Å². The molecule has 0 radical (unpaired) electrons. The number of hydrogen-bond acceptors (Lipinski definition) is 4. The second-order valence-electron chi connectivity index (χ2n) is 2.19. The van der Waals surface area contributed by atoms with Crippen LogP contribution in [0.25, 0.3) is 0 Å². The third kappa shape index (κ3) is 3.00. The lowest BCUT2D eigenvalue weighted by Gasteiger charge is -2.10. The molecular formula is C8H14O4. The number of methoxy groups -OCH3 is 1. The van der Waals surface area contributed by atoms with E-state index in [1.54, 1.807) is 13.8 Å². The third-order valence-corrected chi connectivity index (χ3v) is 1.38. The van der Waals surface area contributed by atoms with Crippen LogP contribution >= 0.6 is 0 Å². The zero-order valence-electron chi connectivity index (χ0n) is 7.62. The number of Topliss-reactive ketones (excluding diaryl/α,β-unsaturated/α-hetero) is 1. The number of esters is 1. The molecule has 1 unspecified atom stereocenters. The molecule has 0 aliphatic heterocycles. The van der Waals surface area contributed by atoms with E-state index < -0.39 is 12.1 Å². The van der Waals surface area contributed by atoms with E-state index in [0.29, 0.717) is 0 Å². The molecule has 4 nitrogen and oxygen atoms in total. The molecule has 0 fully saturated rings. The van der Waals surface area contributed by atoms with E-state index in [0.717, 1.165) is 0 Å². The molecule has 0 N–H and O–H groups in total. The number of carbonyl (C=O) groups is 2. The highest BCUT2D eigenvalue weighted by Gasteiger charge is 2.25. The first-order valence-electron chi connectivity index (χ1n) is 3.89. The summed E-state index contributed by atoms with van der Waals surface area (Å²) in [4.78, 5) is 22.0. The van der Waals surface area contributed by atoms with Crippen molar-refractivity contribution in [3.63, 3.8) is 0 Å². The quantitative estimate of drug-likeness (QED) is 0.451. The van der Waals surface area contributed by atoms with Gasteiger partial charge in [0.2, 0.25) is 6.10 Å². The van der Waals surface area contributed by atoms with Crippen molar-refractivity contribution in [2.45, 2.75) is 26.4 Å². The zero-order chi connectivity index (χ0) is 9.56. The van der Waals surface area contributed by atoms with Crippen LogP contribution in [0.5, 0.6) is 0 Å². The molecule has 12 heavy (non-hydrogen) atoms. The van der Waals surface area contributed by atoms with Gasteiger partial charge in [-0.25, -0.2) is 4.79 Å². The first-order valence-corrected chi connectivity index (χ1v) is 3.89. The second kappa shape index (κ2) is 5.71. The summed E-state index contributed by atoms with van der Waals surface area (Å²) in [7, 11) is 1.31. The number of carbonyl (C=O) groups excluding carboxylic acids is 2. The van der Waals surface area contributed by atoms with E-state index in [1.807, 2.05) is 0 Å². The van der Waals surface area contributed by atoms with Gasteiger partial charge in [-0.05, 0) is 6.92 Å². The summed E-state index contributed by atoms with van der Waals surface area (Å²) in [6.07, 6.45) is -0.771. The maximum absolute atomic E-state index is 11.0. The van der Waals surface area contributed by atoms with Gasteiger partial charge in [-0.15, -0.1) is 0 Å². The van der Waals surface area contributed by atoms with Gasteiger partial charge in [-0.2, -0.15) is 0 Å². The molecular weight excluding hydrogens is 160 g/mol. The van der Waals surface area contributed by atoms with Gasteiger partial charge in [0, 0.05) is 13.5 Å². The average Bonchev–Trinajstić information content (AvgIpc) is 2.06. The number of ketones is 1. The molecule has 0 amide bonds. The van der Waals surface area contributed by atoms with Crippen LogP contribution in [-0.4, -0.2) is 31.6 Å². The smallest absolute Gasteiger partial charge is 0.343 e. The van der Waals surface area contributed by atoms with Crippen molar-refractivity contribution in [1.82, 2.24) is 0 Å². The summed E-state index contributed by atoms with van der Waals surface area (Å²) in [5, 5.41) is 0. The molecule has 0 saturated carbocycles. The van der Waals surface area contributed by atoms with Crippen LogP contribution < -0.4 is 0 Å². The summed E-state index contributed by atoms with van der Waals surface area (Å²) >= 11 is 0. The fourth-order valence-corrected chi connectivity index (χ4v) is 0.762. The molecule has 0 heterocycles. The van der Waals surface area contributed by atoms with Crippen molar-refractivity contribution in [3.05, 3.63) is 0 Å². The molecule has 0 aromatic heterocycles. The zero-order valence-corrected chi connectivity index (χ0v) is 7.62. The molecule has 0 aliphatic carbocycles. The first kappa shape index (κ1) is 11.1. The Morgan fingerprint density at radius 3 is 2.25 bits per heavy atom. The van der Waals surface area contributed by atoms with Crippen molar-refractivity contribution in [2.24, 2.45) is 0 Å². The average molecular weight is 174 g/mol. The van der Waals surface area contributed by atoms with Crippen molar-refractivity contribution < 1.29 is 19.1 Å². The van der Waals surface area contributed by atoms with E-state index in [1.165, 1.54) is 7.11 Å². The lowest BCUT2D eigenvalue weighted by Crippen LogP contribution is -2.33. The normalized spacial score (nSPS) is 12.2. The molecule has 0 aromatic rings. The molecule has 4 heteroatoms. The van der Waals surface area contributed by atoms with E-state index in [-0.39, 0.29) is 18.8 Å². The standard InChI is InChI=1S/C8H14O4/c1-4-6(9)7(11-3)8(10)12-5-2/h7H,4-5H2,1-3H3. The van der Waals surface area contributed by atoms with Gasteiger partial charge in [0.15, 0.2) is 5.78 Å². The van der Waals surface area contributed by atoms with Crippen LogP contribution in [0.15, 0.2) is 0 Å². The first-order chi connectivity index (χ1) is 5.67. The summed E-state index contributed by atoms with van der Waals surface area (Å²) < 4.78 is 9.33. The highest BCUT2D eigenvalue weighted by molar-refractivity contribution is 6.01. The predicted molar refractivity (Wildman–Crippen MR) is 42.7 cm³/mol. The Hall–Kier alpha value is -0.900. The summed E-state index contributed by atoms with van der Waals surface area (Å²) in [5.74, 6) is -0.859. The fourth-order valence-electron chi connectivity index (χ4n) is 0.762. The minimum absolute atomic E-state index is 0.254. The van der Waals surface area contributed by atoms with Gasteiger partial charge >= 0.3 is 5.97 Å². The van der Waals surface area contributed by atoms with Gasteiger partial charge in [0.05, 0.1) is 6.61 Å². The third-order valence-electron chi connectivity index (χ3n) is 1.38. The van der Waals surface area contributed by atoms with Gasteiger partial charge in [0.25, 0.3) is 0 Å². The van der Waals surface area contributed by atoms with E-state index in [9.17, 15) is 9.59 Å². The van der Waals surface area contributed by atoms with E-state index in [2.05, 4.69) is 4.74 Å². The predicted octanol–water partition coefficient (Wildman–Crippen LogP) is 0.544. The van der Waals surface area contributed by atoms with Crippen LogP contribution in [0.4, 0.5) is 0 Å². The van der Waals surface area contributed by atoms with Crippen LogP contribution in [-0.2, 0) is 19.1 Å². The maximum atomic E-state index is 11.0. The summed E-state index contributed by atoms with van der Waals surface area (Å²) in [5.41, 5.74) is 0. The molecule has 0 aliphatic rings. The van der Waals surface area contributed by atoms with Gasteiger partial charge in [-0.3, -0.25) is 4.79 Å². The van der Waals surface area contributed by atoms with Crippen LogP contribution in [0, 0.1) is 0 Å². The number of hydrogen-bond donors (Lipinski definition) is 0. The van der Waals surface area contributed by atoms with Crippen LogP contribution in [0.3, 0.4) is 0 Å². The Kier molecular flexibility index (Phi) is 5.28. The molecule has 1 atom stereocenters. The minimum atomic E-state index is -1.05. The van der Waals surface area contributed by atoms with Gasteiger partial charge in [-0.1, -0.05) is 6.92 Å². The molecule has 0 aromatic carbocycles. The largest absolute Gasteiger partial charge is 0.464 e. The minimum Gasteiger partial charge on any atom is -0.464 e. The van der Waals surface area contributed by atoms with Crippen molar-refractivity contribution in [2.75, 3.05) is 13.7 Å². The maximum Gasteiger partial charge on any atom is 0.343 e. The highest BCUT2D eigenvalue weighted by atomic mass is 16.6. The summed E-state index contributed by atoms with van der Waals surface area (Å²) in [6.45, 7) is 3.62. The lowest BCUT2D eigenvalue weighted by molar-refractivity contribution is -0.159. The molecule has 0 spiro atoms. The van der Waals surface area contributed by atoms with Crippen LogP contribution in [0.1, 0.15) is 20.3 Å². The van der Waals surface area contributed by atoms with Crippen molar-refractivity contribution in [3.8, 4) is 0 Å². The number of ether oxygens (including phenoxy) is 2. The topological polar surface area (TPSA) is 52.6 Å². The fraction of sp³-hybridized carbons (Fsp3) is 0.750. The molecule has 0 saturated heterocycles. The van der Waals surface area contributed by atoms with E-state index >= 15 is 0 Å². The Morgan fingerprint density at radius 1 is 1.33 bits per heavy atom. The second-order valence-corrected chi connectivity index (χ2v) is 2.19. The van der Waals surface area contributed by atoms with Gasteiger partial charge < -0.3 is 9.47 Å². The molecule has 0 bridgehead atoms. The molecule has 0 rings (SSSR count). The number of rotatable bonds is 5. The van der Waals surface area contributed by atoms with Gasteiger partial charge in [0.1, 0.15) is 0 Å². The highest BCUT2D eigenvalue weighted by Crippen LogP contribution is 1.99. The molecule has 70 valence electrons. The Bertz CT molecular complexity index is 164. The van der Waals surface area contributed by atoms with Crippen LogP contribution in [0.2, 0.25) is 0 Å². The Morgan fingerprint density at radius 2 is 1.92 bits per heavy atom. The summed E-state index contributed by atoms with van der Waals surface area (Å²) in [6, 6.07) is 0. The lowest BCUT2D eigenvalue weighted by atomic mass is 10.2. The van der Waals surface area contributed by atoms with Crippen molar-refractivity contribution in [1.29, 1.82) is 0 Å². The SMILES string of the molecule is CCOC(=O)C(OC)C(=O)CC.